The Morgan fingerprint density at radius 1 is 1.26 bits per heavy atom. The van der Waals surface area contributed by atoms with E-state index in [1.54, 1.807) is 17.7 Å². The first kappa shape index (κ1) is 16.1. The summed E-state index contributed by atoms with van der Waals surface area (Å²) in [5, 5.41) is 4.70. The molecule has 124 valence electrons. The lowest BCUT2D eigenvalue weighted by atomic mass is 10.1. The van der Waals surface area contributed by atoms with Crippen molar-refractivity contribution in [1.82, 2.24) is 19.9 Å². The van der Waals surface area contributed by atoms with Gasteiger partial charge >= 0.3 is 0 Å². The van der Waals surface area contributed by atoms with E-state index in [9.17, 15) is 0 Å². The fraction of sp³-hybridized carbons (Fsp3) is 0.562. The summed E-state index contributed by atoms with van der Waals surface area (Å²) in [6.45, 7) is 5.31. The van der Waals surface area contributed by atoms with Gasteiger partial charge in [-0.25, -0.2) is 15.0 Å². The van der Waals surface area contributed by atoms with E-state index in [0.29, 0.717) is 6.04 Å². The maximum atomic E-state index is 4.34. The zero-order valence-electron chi connectivity index (χ0n) is 14.0. The molecule has 0 unspecified atom stereocenters. The Balaban J connectivity index is 1.50. The summed E-state index contributed by atoms with van der Waals surface area (Å²) in [6, 6.07) is 2.49. The molecule has 2 aromatic heterocycles. The Hall–Kier alpha value is -1.73. The van der Waals surface area contributed by atoms with Crippen molar-refractivity contribution in [3.63, 3.8) is 0 Å². The molecule has 1 N–H and O–H groups in total. The minimum absolute atomic E-state index is 0.486. The number of hydrogen-bond donors (Lipinski definition) is 1. The zero-order valence-corrected chi connectivity index (χ0v) is 14.8. The van der Waals surface area contributed by atoms with E-state index < -0.39 is 0 Å². The quantitative estimate of drug-likeness (QED) is 0.907. The summed E-state index contributed by atoms with van der Waals surface area (Å²) in [6.07, 6.45) is 5.91. The molecule has 0 amide bonds. The molecule has 0 atom stereocenters. The van der Waals surface area contributed by atoms with Gasteiger partial charge in [-0.3, -0.25) is 4.90 Å². The number of nitrogens with zero attached hydrogens (tertiary/aromatic N) is 5. The molecular formula is C16H24N6S. The Labute approximate surface area is 141 Å². The van der Waals surface area contributed by atoms with Crippen LogP contribution in [0, 0.1) is 6.92 Å². The van der Waals surface area contributed by atoms with Crippen LogP contribution in [-0.2, 0) is 6.54 Å². The van der Waals surface area contributed by atoms with E-state index in [1.807, 2.05) is 31.3 Å². The van der Waals surface area contributed by atoms with Crippen molar-refractivity contribution in [2.75, 3.05) is 37.4 Å². The first-order valence-electron chi connectivity index (χ1n) is 8.00. The molecule has 1 aliphatic heterocycles. The van der Waals surface area contributed by atoms with Crippen LogP contribution in [0.1, 0.15) is 22.7 Å². The highest BCUT2D eigenvalue weighted by Gasteiger charge is 2.20. The molecular weight excluding hydrogens is 308 g/mol. The van der Waals surface area contributed by atoms with Crippen LogP contribution in [0.25, 0.3) is 0 Å². The predicted octanol–water partition coefficient (Wildman–Crippen LogP) is 2.38. The summed E-state index contributed by atoms with van der Waals surface area (Å²) < 4.78 is 0. The van der Waals surface area contributed by atoms with Crippen molar-refractivity contribution in [1.29, 1.82) is 0 Å². The first-order valence-corrected chi connectivity index (χ1v) is 8.81. The van der Waals surface area contributed by atoms with E-state index in [0.717, 1.165) is 49.1 Å². The fourth-order valence-electron chi connectivity index (χ4n) is 2.81. The van der Waals surface area contributed by atoms with Crippen LogP contribution in [0.5, 0.6) is 0 Å². The normalized spacial score (nSPS) is 16.5. The van der Waals surface area contributed by atoms with Crippen LogP contribution in [0.3, 0.4) is 0 Å². The molecule has 1 aliphatic rings. The van der Waals surface area contributed by atoms with E-state index in [4.69, 9.17) is 0 Å². The highest BCUT2D eigenvalue weighted by Crippen LogP contribution is 2.20. The average Bonchev–Trinajstić information content (AvgIpc) is 2.94. The number of nitrogens with one attached hydrogen (secondary N) is 1. The van der Waals surface area contributed by atoms with E-state index in [1.165, 1.54) is 4.88 Å². The van der Waals surface area contributed by atoms with Gasteiger partial charge in [-0.2, -0.15) is 0 Å². The second-order valence-electron chi connectivity index (χ2n) is 6.20. The lowest BCUT2D eigenvalue weighted by Crippen LogP contribution is -2.38. The maximum Gasteiger partial charge on any atom is 0.133 e. The monoisotopic (exact) mass is 332 g/mol. The summed E-state index contributed by atoms with van der Waals surface area (Å²) in [5.41, 5.74) is 0. The van der Waals surface area contributed by atoms with Gasteiger partial charge in [-0.05, 0) is 19.8 Å². The number of rotatable bonds is 5. The molecule has 0 bridgehead atoms. The van der Waals surface area contributed by atoms with Crippen molar-refractivity contribution in [3.05, 3.63) is 28.5 Å². The Morgan fingerprint density at radius 3 is 2.70 bits per heavy atom. The van der Waals surface area contributed by atoms with Crippen LogP contribution in [0.4, 0.5) is 11.6 Å². The molecule has 0 spiro atoms. The summed E-state index contributed by atoms with van der Waals surface area (Å²) >= 11 is 1.80. The zero-order chi connectivity index (χ0) is 16.2. The van der Waals surface area contributed by atoms with Crippen LogP contribution in [-0.4, -0.2) is 53.1 Å². The topological polar surface area (TPSA) is 57.2 Å². The van der Waals surface area contributed by atoms with Crippen LogP contribution < -0.4 is 10.2 Å². The number of thiazole rings is 1. The van der Waals surface area contributed by atoms with Gasteiger partial charge in [0.25, 0.3) is 0 Å². The standard InChI is InChI=1S/C16H24N6S/c1-12-17-9-14(23-12)10-22-6-4-13(5-7-22)20-15-8-16(21(2)3)19-11-18-15/h8-9,11,13H,4-7,10H2,1-3H3,(H,18,19,20). The third-order valence-corrected chi connectivity index (χ3v) is 5.00. The third-order valence-electron chi connectivity index (χ3n) is 4.10. The molecule has 2 aromatic rings. The second-order valence-corrected chi connectivity index (χ2v) is 7.52. The highest BCUT2D eigenvalue weighted by molar-refractivity contribution is 7.11. The molecule has 0 aromatic carbocycles. The SMILES string of the molecule is Cc1ncc(CN2CCC(Nc3cc(N(C)C)ncn3)CC2)s1. The Kier molecular flexibility index (Phi) is 5.07. The molecule has 6 nitrogen and oxygen atoms in total. The molecule has 0 aliphatic carbocycles. The number of piperidine rings is 1. The Bertz CT molecular complexity index is 633. The highest BCUT2D eigenvalue weighted by atomic mass is 32.1. The maximum absolute atomic E-state index is 4.34. The molecule has 1 saturated heterocycles. The number of hydrogen-bond acceptors (Lipinski definition) is 7. The largest absolute Gasteiger partial charge is 0.367 e. The van der Waals surface area contributed by atoms with Gasteiger partial charge in [0, 0.05) is 56.9 Å². The van der Waals surface area contributed by atoms with Gasteiger partial charge < -0.3 is 10.2 Å². The second kappa shape index (κ2) is 7.23. The average molecular weight is 332 g/mol. The lowest BCUT2D eigenvalue weighted by molar-refractivity contribution is 0.213. The molecule has 7 heteroatoms. The van der Waals surface area contributed by atoms with Crippen molar-refractivity contribution < 1.29 is 0 Å². The van der Waals surface area contributed by atoms with E-state index >= 15 is 0 Å². The third kappa shape index (κ3) is 4.39. The van der Waals surface area contributed by atoms with Gasteiger partial charge in [0.1, 0.15) is 18.0 Å². The first-order chi connectivity index (χ1) is 11.1. The predicted molar refractivity (Wildman–Crippen MR) is 95.1 cm³/mol. The molecule has 1 fully saturated rings. The number of aromatic nitrogens is 3. The fourth-order valence-corrected chi connectivity index (χ4v) is 3.65. The summed E-state index contributed by atoms with van der Waals surface area (Å²) in [5.74, 6) is 1.85. The van der Waals surface area contributed by atoms with Crippen molar-refractivity contribution in [2.24, 2.45) is 0 Å². The molecule has 0 radical (unpaired) electrons. The molecule has 23 heavy (non-hydrogen) atoms. The van der Waals surface area contributed by atoms with Gasteiger partial charge in [0.2, 0.25) is 0 Å². The Morgan fingerprint density at radius 2 is 2.04 bits per heavy atom. The van der Waals surface area contributed by atoms with E-state index in [-0.39, 0.29) is 0 Å². The van der Waals surface area contributed by atoms with Crippen LogP contribution in [0.15, 0.2) is 18.6 Å². The smallest absolute Gasteiger partial charge is 0.133 e. The van der Waals surface area contributed by atoms with E-state index in [2.05, 4.69) is 32.1 Å². The minimum atomic E-state index is 0.486. The van der Waals surface area contributed by atoms with Gasteiger partial charge in [0.15, 0.2) is 0 Å². The van der Waals surface area contributed by atoms with Crippen molar-refractivity contribution in [3.8, 4) is 0 Å². The lowest BCUT2D eigenvalue weighted by Gasteiger charge is -2.32. The van der Waals surface area contributed by atoms with Crippen LogP contribution in [0.2, 0.25) is 0 Å². The molecule has 3 heterocycles. The van der Waals surface area contributed by atoms with Crippen molar-refractivity contribution >= 4 is 23.0 Å². The van der Waals surface area contributed by atoms with Crippen molar-refractivity contribution in [2.45, 2.75) is 32.4 Å². The van der Waals surface area contributed by atoms with Crippen LogP contribution >= 0.6 is 11.3 Å². The minimum Gasteiger partial charge on any atom is -0.367 e. The van der Waals surface area contributed by atoms with Gasteiger partial charge in [-0.1, -0.05) is 0 Å². The van der Waals surface area contributed by atoms with Gasteiger partial charge in [0.05, 0.1) is 5.01 Å². The number of anilines is 2. The van der Waals surface area contributed by atoms with Gasteiger partial charge in [-0.15, -0.1) is 11.3 Å². The summed E-state index contributed by atoms with van der Waals surface area (Å²) in [7, 11) is 3.98. The molecule has 3 rings (SSSR count). The number of aryl methyl sites for hydroxylation is 1. The number of likely N-dealkylation sites (tertiary alicyclic amines) is 1. The molecule has 0 saturated carbocycles. The summed E-state index contributed by atoms with van der Waals surface area (Å²) in [4.78, 5) is 18.8.